The standard InChI is InChI=1S/C10H15NO2/c1-12-5-4-10(7-11)6-8-2-3-9(10)13-8/h8-9H,2-6H2,1H3. The molecule has 0 radical (unpaired) electrons. The average molecular weight is 181 g/mol. The Bertz CT molecular complexity index is 236. The van der Waals surface area contributed by atoms with Gasteiger partial charge in [0.25, 0.3) is 0 Å². The van der Waals surface area contributed by atoms with E-state index < -0.39 is 0 Å². The van der Waals surface area contributed by atoms with Crippen LogP contribution in [0.4, 0.5) is 0 Å². The van der Waals surface area contributed by atoms with E-state index >= 15 is 0 Å². The van der Waals surface area contributed by atoms with E-state index in [9.17, 15) is 5.26 Å². The third kappa shape index (κ3) is 1.34. The summed E-state index contributed by atoms with van der Waals surface area (Å²) in [6, 6.07) is 2.44. The van der Waals surface area contributed by atoms with Crippen LogP contribution in [0.2, 0.25) is 0 Å². The van der Waals surface area contributed by atoms with Gasteiger partial charge in [0, 0.05) is 13.7 Å². The van der Waals surface area contributed by atoms with Crippen LogP contribution < -0.4 is 0 Å². The van der Waals surface area contributed by atoms with E-state index in [0.29, 0.717) is 12.7 Å². The molecule has 0 saturated carbocycles. The summed E-state index contributed by atoms with van der Waals surface area (Å²) in [5, 5.41) is 9.18. The molecule has 3 heteroatoms. The maximum absolute atomic E-state index is 9.18. The molecule has 2 aliphatic heterocycles. The molecule has 0 amide bonds. The van der Waals surface area contributed by atoms with Crippen molar-refractivity contribution in [1.82, 2.24) is 0 Å². The van der Waals surface area contributed by atoms with E-state index in [4.69, 9.17) is 9.47 Å². The van der Waals surface area contributed by atoms with Crippen molar-refractivity contribution in [1.29, 1.82) is 5.26 Å². The normalized spacial score (nSPS) is 42.2. The molecule has 2 saturated heterocycles. The van der Waals surface area contributed by atoms with Gasteiger partial charge in [0.05, 0.1) is 23.7 Å². The second-order valence-corrected chi connectivity index (χ2v) is 4.04. The average Bonchev–Trinajstić information content (AvgIpc) is 2.74. The Hall–Kier alpha value is -0.590. The molecule has 2 heterocycles. The number of methoxy groups -OCH3 is 1. The SMILES string of the molecule is COCCC1(C#N)CC2CCC1O2. The van der Waals surface area contributed by atoms with Gasteiger partial charge >= 0.3 is 0 Å². The highest BCUT2D eigenvalue weighted by Crippen LogP contribution is 2.49. The topological polar surface area (TPSA) is 42.2 Å². The van der Waals surface area contributed by atoms with Crippen LogP contribution in [0.5, 0.6) is 0 Å². The number of hydrogen-bond donors (Lipinski definition) is 0. The van der Waals surface area contributed by atoms with Crippen molar-refractivity contribution < 1.29 is 9.47 Å². The Morgan fingerprint density at radius 2 is 2.46 bits per heavy atom. The third-order valence-electron chi connectivity index (χ3n) is 3.29. The maximum atomic E-state index is 9.18. The molecule has 2 fully saturated rings. The number of rotatable bonds is 3. The highest BCUT2D eigenvalue weighted by atomic mass is 16.5. The molecule has 0 aromatic heterocycles. The molecule has 0 aromatic rings. The fourth-order valence-electron chi connectivity index (χ4n) is 2.52. The summed E-state index contributed by atoms with van der Waals surface area (Å²) in [7, 11) is 1.68. The van der Waals surface area contributed by atoms with Gasteiger partial charge in [0.2, 0.25) is 0 Å². The van der Waals surface area contributed by atoms with E-state index in [1.165, 1.54) is 0 Å². The fourth-order valence-corrected chi connectivity index (χ4v) is 2.52. The molecule has 0 aromatic carbocycles. The van der Waals surface area contributed by atoms with Crippen molar-refractivity contribution in [2.24, 2.45) is 5.41 Å². The minimum atomic E-state index is -0.237. The first-order valence-corrected chi connectivity index (χ1v) is 4.86. The minimum Gasteiger partial charge on any atom is -0.385 e. The van der Waals surface area contributed by atoms with Crippen molar-refractivity contribution in [3.05, 3.63) is 0 Å². The Labute approximate surface area is 78.6 Å². The number of fused-ring (bicyclic) bond motifs is 2. The van der Waals surface area contributed by atoms with E-state index in [2.05, 4.69) is 6.07 Å². The molecular weight excluding hydrogens is 166 g/mol. The van der Waals surface area contributed by atoms with Gasteiger partial charge in [-0.05, 0) is 25.7 Å². The number of nitrogens with zero attached hydrogens (tertiary/aromatic N) is 1. The second kappa shape index (κ2) is 3.28. The largest absolute Gasteiger partial charge is 0.385 e. The summed E-state index contributed by atoms with van der Waals surface area (Å²) >= 11 is 0. The van der Waals surface area contributed by atoms with Crippen molar-refractivity contribution in [2.45, 2.75) is 37.9 Å². The minimum absolute atomic E-state index is 0.178. The third-order valence-corrected chi connectivity index (χ3v) is 3.29. The van der Waals surface area contributed by atoms with Crippen LogP contribution in [-0.4, -0.2) is 25.9 Å². The van der Waals surface area contributed by atoms with E-state index in [0.717, 1.165) is 25.7 Å². The first-order chi connectivity index (χ1) is 6.30. The first kappa shape index (κ1) is 8.98. The molecule has 0 aliphatic carbocycles. The predicted molar refractivity (Wildman–Crippen MR) is 47.1 cm³/mol. The lowest BCUT2D eigenvalue weighted by Gasteiger charge is -2.27. The molecule has 3 atom stereocenters. The zero-order chi connectivity index (χ0) is 9.31. The fraction of sp³-hybridized carbons (Fsp3) is 0.900. The van der Waals surface area contributed by atoms with Gasteiger partial charge in [-0.1, -0.05) is 0 Å². The van der Waals surface area contributed by atoms with Gasteiger partial charge < -0.3 is 9.47 Å². The van der Waals surface area contributed by atoms with Gasteiger partial charge in [-0.2, -0.15) is 5.26 Å². The summed E-state index contributed by atoms with van der Waals surface area (Å²) < 4.78 is 10.7. The van der Waals surface area contributed by atoms with Crippen LogP contribution in [0.15, 0.2) is 0 Å². The van der Waals surface area contributed by atoms with Gasteiger partial charge in [0.1, 0.15) is 0 Å². The lowest BCUT2D eigenvalue weighted by molar-refractivity contribution is 0.0649. The number of hydrogen-bond acceptors (Lipinski definition) is 3. The molecule has 3 unspecified atom stereocenters. The monoisotopic (exact) mass is 181 g/mol. The smallest absolute Gasteiger partial charge is 0.0881 e. The Balaban J connectivity index is 2.05. The van der Waals surface area contributed by atoms with Crippen LogP contribution >= 0.6 is 0 Å². The molecule has 3 nitrogen and oxygen atoms in total. The molecule has 72 valence electrons. The van der Waals surface area contributed by atoms with Gasteiger partial charge in [-0.3, -0.25) is 0 Å². The van der Waals surface area contributed by atoms with Crippen LogP contribution in [0.3, 0.4) is 0 Å². The first-order valence-electron chi connectivity index (χ1n) is 4.86. The van der Waals surface area contributed by atoms with Gasteiger partial charge in [0.15, 0.2) is 0 Å². The Morgan fingerprint density at radius 3 is 2.92 bits per heavy atom. The molecule has 0 spiro atoms. The molecule has 13 heavy (non-hydrogen) atoms. The quantitative estimate of drug-likeness (QED) is 0.662. The predicted octanol–water partition coefficient (Wildman–Crippen LogP) is 1.48. The lowest BCUT2D eigenvalue weighted by atomic mass is 9.73. The maximum Gasteiger partial charge on any atom is 0.0881 e. The summed E-state index contributed by atoms with van der Waals surface area (Å²) in [6.07, 6.45) is 4.46. The van der Waals surface area contributed by atoms with Crippen molar-refractivity contribution in [3.8, 4) is 6.07 Å². The zero-order valence-electron chi connectivity index (χ0n) is 7.95. The van der Waals surface area contributed by atoms with Crippen molar-refractivity contribution >= 4 is 0 Å². The number of ether oxygens (including phenoxy) is 2. The van der Waals surface area contributed by atoms with E-state index in [1.54, 1.807) is 7.11 Å². The Kier molecular flexibility index (Phi) is 2.27. The summed E-state index contributed by atoms with van der Waals surface area (Å²) in [4.78, 5) is 0. The molecule has 2 bridgehead atoms. The van der Waals surface area contributed by atoms with Crippen molar-refractivity contribution in [2.75, 3.05) is 13.7 Å². The van der Waals surface area contributed by atoms with Crippen LogP contribution in [0.1, 0.15) is 25.7 Å². The van der Waals surface area contributed by atoms with E-state index in [1.807, 2.05) is 0 Å². The van der Waals surface area contributed by atoms with Crippen LogP contribution in [0, 0.1) is 16.7 Å². The highest BCUT2D eigenvalue weighted by Gasteiger charge is 2.52. The van der Waals surface area contributed by atoms with Crippen molar-refractivity contribution in [3.63, 3.8) is 0 Å². The zero-order valence-corrected chi connectivity index (χ0v) is 7.95. The van der Waals surface area contributed by atoms with E-state index in [-0.39, 0.29) is 11.5 Å². The summed E-state index contributed by atoms with van der Waals surface area (Å²) in [5.41, 5.74) is -0.237. The Morgan fingerprint density at radius 1 is 1.62 bits per heavy atom. The lowest BCUT2D eigenvalue weighted by Crippen LogP contribution is -2.32. The van der Waals surface area contributed by atoms with Gasteiger partial charge in [-0.25, -0.2) is 0 Å². The summed E-state index contributed by atoms with van der Waals surface area (Å²) in [5.74, 6) is 0. The number of nitriles is 1. The second-order valence-electron chi connectivity index (χ2n) is 4.04. The molecule has 0 N–H and O–H groups in total. The van der Waals surface area contributed by atoms with Gasteiger partial charge in [-0.15, -0.1) is 0 Å². The van der Waals surface area contributed by atoms with Crippen LogP contribution in [-0.2, 0) is 9.47 Å². The highest BCUT2D eigenvalue weighted by molar-refractivity contribution is 5.12. The molecule has 2 aliphatic rings. The summed E-state index contributed by atoms with van der Waals surface area (Å²) in [6.45, 7) is 0.667. The molecular formula is C10H15NO2. The van der Waals surface area contributed by atoms with Crippen LogP contribution in [0.25, 0.3) is 0 Å². The molecule has 2 rings (SSSR count).